The van der Waals surface area contributed by atoms with Crippen LogP contribution in [0.2, 0.25) is 0 Å². The Labute approximate surface area is 83.2 Å². The summed E-state index contributed by atoms with van der Waals surface area (Å²) < 4.78 is 5.03. The van der Waals surface area contributed by atoms with Crippen molar-refractivity contribution >= 4 is 16.9 Å². The molecule has 2 rings (SSSR count). The number of hydrogen-bond acceptors (Lipinski definition) is 5. The van der Waals surface area contributed by atoms with Gasteiger partial charge in [0.2, 0.25) is 0 Å². The van der Waals surface area contributed by atoms with Gasteiger partial charge in [-0.2, -0.15) is 0 Å². The van der Waals surface area contributed by atoms with Gasteiger partial charge in [-0.25, -0.2) is 4.84 Å². The maximum atomic E-state index is 11.2. The van der Waals surface area contributed by atoms with Crippen LogP contribution >= 0.6 is 0 Å². The van der Waals surface area contributed by atoms with Crippen molar-refractivity contribution in [3.05, 3.63) is 46.2 Å². The Balaban J connectivity index is 2.44. The predicted octanol–water partition coefficient (Wildman–Crippen LogP) is 1.78. The molecule has 0 unspecified atom stereocenters. The van der Waals surface area contributed by atoms with Crippen LogP contribution in [-0.2, 0) is 4.84 Å². The molecule has 6 heteroatoms. The minimum Gasteiger partial charge on any atom is -0.463 e. The monoisotopic (exact) mass is 207 g/mol. The molecule has 0 radical (unpaired) electrons. The molecule has 0 atom stereocenters. The fraction of sp³-hybridized carbons (Fsp3) is 0. The highest BCUT2D eigenvalue weighted by Crippen LogP contribution is 2.21. The smallest absolute Gasteiger partial charge is 0.338 e. The summed E-state index contributed by atoms with van der Waals surface area (Å²) >= 11 is 0. The number of furan rings is 1. The van der Waals surface area contributed by atoms with Gasteiger partial charge in [0.15, 0.2) is 0 Å². The van der Waals surface area contributed by atoms with Gasteiger partial charge in [-0.05, 0) is 6.07 Å². The predicted molar refractivity (Wildman–Crippen MR) is 48.6 cm³/mol. The lowest BCUT2D eigenvalue weighted by Crippen LogP contribution is -2.09. The van der Waals surface area contributed by atoms with Crippen molar-refractivity contribution in [2.24, 2.45) is 0 Å². The lowest BCUT2D eigenvalue weighted by molar-refractivity contribution is -0.727. The van der Waals surface area contributed by atoms with E-state index in [9.17, 15) is 14.9 Å². The molecule has 0 saturated heterocycles. The van der Waals surface area contributed by atoms with E-state index in [0.29, 0.717) is 11.0 Å². The maximum Gasteiger partial charge on any atom is 0.338 e. The minimum atomic E-state index is -1.15. The molecule has 1 aromatic carbocycles. The summed E-state index contributed by atoms with van der Waals surface area (Å²) in [5.41, 5.74) is 0.523. The van der Waals surface area contributed by atoms with Crippen molar-refractivity contribution in [1.29, 1.82) is 0 Å². The zero-order valence-corrected chi connectivity index (χ0v) is 7.38. The van der Waals surface area contributed by atoms with E-state index in [1.807, 2.05) is 0 Å². The number of rotatable bonds is 2. The van der Waals surface area contributed by atoms with Crippen molar-refractivity contribution in [2.75, 3.05) is 0 Å². The van der Waals surface area contributed by atoms with Crippen LogP contribution in [0, 0.1) is 10.1 Å². The standard InChI is InChI=1S/C9H5NO5/c11-9(15-10(12)13)7-5-14-8-4-2-1-3-6(7)8/h1-5H. The quantitative estimate of drug-likeness (QED) is 0.553. The number of nitrogens with zero attached hydrogens (tertiary/aromatic N) is 1. The highest BCUT2D eigenvalue weighted by atomic mass is 17.0. The zero-order valence-electron chi connectivity index (χ0n) is 7.38. The Morgan fingerprint density at radius 2 is 2.13 bits per heavy atom. The Hall–Kier alpha value is -2.37. The van der Waals surface area contributed by atoms with Crippen LogP contribution in [0.25, 0.3) is 11.0 Å². The number of fused-ring (bicyclic) bond motifs is 1. The first-order valence-corrected chi connectivity index (χ1v) is 4.01. The summed E-state index contributed by atoms with van der Waals surface area (Å²) in [7, 11) is 0. The van der Waals surface area contributed by atoms with Crippen LogP contribution in [0.4, 0.5) is 0 Å². The highest BCUT2D eigenvalue weighted by Gasteiger charge is 2.16. The van der Waals surface area contributed by atoms with Crippen LogP contribution in [0.5, 0.6) is 0 Å². The highest BCUT2D eigenvalue weighted by molar-refractivity contribution is 6.02. The minimum absolute atomic E-state index is 0.0438. The van der Waals surface area contributed by atoms with Crippen molar-refractivity contribution in [3.8, 4) is 0 Å². The Bertz CT molecular complexity index is 530. The van der Waals surface area contributed by atoms with Gasteiger partial charge in [-0.3, -0.25) is 4.79 Å². The number of carbonyl (C=O) groups excluding carboxylic acids is 1. The molecule has 1 heterocycles. The molecule has 76 valence electrons. The first kappa shape index (κ1) is 9.20. The molecule has 0 aliphatic heterocycles. The molecule has 15 heavy (non-hydrogen) atoms. The van der Waals surface area contributed by atoms with E-state index in [1.54, 1.807) is 24.3 Å². The van der Waals surface area contributed by atoms with Crippen LogP contribution < -0.4 is 0 Å². The number of hydrogen-bond donors (Lipinski definition) is 0. The van der Waals surface area contributed by atoms with Gasteiger partial charge in [-0.15, -0.1) is 10.1 Å². The summed E-state index contributed by atoms with van der Waals surface area (Å²) in [6.07, 6.45) is 1.14. The fourth-order valence-corrected chi connectivity index (χ4v) is 1.25. The zero-order chi connectivity index (χ0) is 10.8. The Kier molecular flexibility index (Phi) is 2.09. The molecule has 6 nitrogen and oxygen atoms in total. The van der Waals surface area contributed by atoms with Crippen LogP contribution in [0.15, 0.2) is 34.9 Å². The molecule has 1 aromatic heterocycles. The number of benzene rings is 1. The molecule has 2 aromatic rings. The molecule has 0 saturated carbocycles. The Morgan fingerprint density at radius 1 is 1.40 bits per heavy atom. The van der Waals surface area contributed by atoms with Gasteiger partial charge in [0.05, 0.1) is 5.56 Å². The van der Waals surface area contributed by atoms with Crippen molar-refractivity contribution in [3.63, 3.8) is 0 Å². The van der Waals surface area contributed by atoms with Gasteiger partial charge in [0, 0.05) is 5.39 Å². The molecule has 0 aliphatic rings. The third kappa shape index (κ3) is 1.64. The van der Waals surface area contributed by atoms with E-state index < -0.39 is 11.1 Å². The first-order chi connectivity index (χ1) is 7.18. The first-order valence-electron chi connectivity index (χ1n) is 4.01. The maximum absolute atomic E-state index is 11.2. The normalized spacial score (nSPS) is 10.1. The number of carbonyl (C=O) groups is 1. The molecule has 0 spiro atoms. The van der Waals surface area contributed by atoms with E-state index in [2.05, 4.69) is 4.84 Å². The molecule has 0 fully saturated rings. The molecule has 0 aliphatic carbocycles. The molecular formula is C9H5NO5. The average Bonchev–Trinajstić information content (AvgIpc) is 2.59. The van der Waals surface area contributed by atoms with Crippen molar-refractivity contribution < 1.29 is 19.1 Å². The summed E-state index contributed by atoms with van der Waals surface area (Å²) in [5, 5.41) is 9.31. The molecule has 0 N–H and O–H groups in total. The van der Waals surface area contributed by atoms with Crippen LogP contribution in [0.1, 0.15) is 10.4 Å². The summed E-state index contributed by atoms with van der Waals surface area (Å²) in [5.74, 6) is -1.04. The molecule has 0 bridgehead atoms. The second kappa shape index (κ2) is 3.41. The third-order valence-corrected chi connectivity index (χ3v) is 1.86. The lowest BCUT2D eigenvalue weighted by Gasteiger charge is -1.93. The third-order valence-electron chi connectivity index (χ3n) is 1.86. The topological polar surface area (TPSA) is 82.6 Å². The second-order valence-electron chi connectivity index (χ2n) is 2.75. The van der Waals surface area contributed by atoms with E-state index in [0.717, 1.165) is 6.26 Å². The van der Waals surface area contributed by atoms with Gasteiger partial charge in [0.25, 0.3) is 0 Å². The van der Waals surface area contributed by atoms with Gasteiger partial charge in [-0.1, -0.05) is 18.2 Å². The molecule has 0 amide bonds. The van der Waals surface area contributed by atoms with E-state index in [1.165, 1.54) is 0 Å². The van der Waals surface area contributed by atoms with E-state index >= 15 is 0 Å². The van der Waals surface area contributed by atoms with Crippen molar-refractivity contribution in [2.45, 2.75) is 0 Å². The van der Waals surface area contributed by atoms with Crippen molar-refractivity contribution in [1.82, 2.24) is 0 Å². The van der Waals surface area contributed by atoms with Gasteiger partial charge in [0.1, 0.15) is 11.8 Å². The molecular weight excluding hydrogens is 202 g/mol. The largest absolute Gasteiger partial charge is 0.463 e. The SMILES string of the molecule is O=C(O[N+](=O)[O-])c1coc2ccccc12. The average molecular weight is 207 g/mol. The lowest BCUT2D eigenvalue weighted by atomic mass is 10.2. The summed E-state index contributed by atoms with van der Waals surface area (Å²) in [6, 6.07) is 6.70. The second-order valence-corrected chi connectivity index (χ2v) is 2.75. The summed E-state index contributed by atoms with van der Waals surface area (Å²) in [4.78, 5) is 25.0. The van der Waals surface area contributed by atoms with Gasteiger partial charge < -0.3 is 4.42 Å². The number of para-hydroxylation sites is 1. The van der Waals surface area contributed by atoms with E-state index in [4.69, 9.17) is 4.42 Å². The fourth-order valence-electron chi connectivity index (χ4n) is 1.25. The van der Waals surface area contributed by atoms with Crippen LogP contribution in [0.3, 0.4) is 0 Å². The van der Waals surface area contributed by atoms with Gasteiger partial charge >= 0.3 is 11.1 Å². The van der Waals surface area contributed by atoms with E-state index in [-0.39, 0.29) is 5.56 Å². The van der Waals surface area contributed by atoms with Crippen LogP contribution in [-0.4, -0.2) is 11.1 Å². The summed E-state index contributed by atoms with van der Waals surface area (Å²) in [6.45, 7) is 0. The Morgan fingerprint density at radius 3 is 2.87 bits per heavy atom.